The lowest BCUT2D eigenvalue weighted by Crippen LogP contribution is -2.32. The minimum absolute atomic E-state index is 0. The lowest BCUT2D eigenvalue weighted by atomic mass is 9.84. The standard InChI is InChI=1S/C16H15NO.C7H16.C6H13NO2S.C5H10O2.C2H4.2CH4/c1-11(2)18-17-16-14-9-5-3-7-12(14)13-8-4-6-10-15(13)16;1-6(2)7(3,4)5;1-5(2)7-10(8,9)6-3-4-6;1-4(2)3-5(6)7;1-2;;/h3-11H,1-2H3;6H,1-5H3;5-7H,3-4H2,1-2H3;4H,3H2,1-2H3,(H,6,7);1-2H2;2*1H4. The summed E-state index contributed by atoms with van der Waals surface area (Å²) in [5.41, 5.74) is 6.21. The van der Waals surface area contributed by atoms with Gasteiger partial charge >= 0.3 is 5.97 Å². The molecule has 0 spiro atoms. The van der Waals surface area contributed by atoms with Crippen LogP contribution >= 0.6 is 0 Å². The third-order valence-corrected chi connectivity index (χ3v) is 8.84. The predicted octanol–water partition coefficient (Wildman–Crippen LogP) is 10.2. The summed E-state index contributed by atoms with van der Waals surface area (Å²) in [6.07, 6.45) is 2.04. The summed E-state index contributed by atoms with van der Waals surface area (Å²) >= 11 is 0. The van der Waals surface area contributed by atoms with Crippen molar-refractivity contribution in [3.63, 3.8) is 0 Å². The van der Waals surface area contributed by atoms with Crippen molar-refractivity contribution in [1.82, 2.24) is 4.72 Å². The Morgan fingerprint density at radius 2 is 1.24 bits per heavy atom. The van der Waals surface area contributed by atoms with Gasteiger partial charge in [0.15, 0.2) is 0 Å². The highest BCUT2D eigenvalue weighted by molar-refractivity contribution is 7.90. The van der Waals surface area contributed by atoms with E-state index in [0.717, 1.165) is 35.6 Å². The Balaban J connectivity index is -0.000000569. The molecule has 2 aliphatic rings. The van der Waals surface area contributed by atoms with E-state index in [0.29, 0.717) is 5.41 Å². The van der Waals surface area contributed by atoms with Gasteiger partial charge in [-0.25, -0.2) is 13.1 Å². The molecule has 264 valence electrons. The predicted molar refractivity (Wildman–Crippen MR) is 200 cm³/mol. The number of nitrogens with one attached hydrogen (secondary N) is 1. The topological polar surface area (TPSA) is 105 Å². The van der Waals surface area contributed by atoms with Crippen LogP contribution in [-0.2, 0) is 19.7 Å². The number of nitrogens with zero attached hydrogens (tertiary/aromatic N) is 1. The number of carbonyl (C=O) groups is 1. The first-order valence-electron chi connectivity index (χ1n) is 15.5. The fourth-order valence-electron chi connectivity index (χ4n) is 3.40. The molecule has 0 unspecified atom stereocenters. The minimum Gasteiger partial charge on any atom is -0.481 e. The molecule has 2 N–H and O–H groups in total. The molecule has 1 saturated carbocycles. The second-order valence-corrected chi connectivity index (χ2v) is 15.2. The zero-order valence-corrected chi connectivity index (χ0v) is 29.8. The number of carboxylic acid groups (broad SMARTS) is 1. The highest BCUT2D eigenvalue weighted by Crippen LogP contribution is 2.36. The lowest BCUT2D eigenvalue weighted by molar-refractivity contribution is -0.137. The molecule has 2 aliphatic carbocycles. The number of rotatable bonds is 7. The van der Waals surface area contributed by atoms with Crippen molar-refractivity contribution in [2.24, 2.45) is 22.4 Å². The average molecular weight is 663 g/mol. The Morgan fingerprint density at radius 1 is 0.870 bits per heavy atom. The zero-order valence-electron chi connectivity index (χ0n) is 29.0. The smallest absolute Gasteiger partial charge is 0.303 e. The zero-order chi connectivity index (χ0) is 34.3. The number of hydrogen-bond donors (Lipinski definition) is 2. The summed E-state index contributed by atoms with van der Waals surface area (Å²) in [5.74, 6) is 0.361. The molecule has 2 aromatic carbocycles. The highest BCUT2D eigenvalue weighted by Gasteiger charge is 2.35. The molecule has 1 fully saturated rings. The molecule has 4 rings (SSSR count). The molecule has 0 saturated heterocycles. The van der Waals surface area contributed by atoms with Crippen molar-refractivity contribution in [2.45, 2.75) is 128 Å². The molecule has 8 heteroatoms. The van der Waals surface area contributed by atoms with E-state index in [-0.39, 0.29) is 44.6 Å². The van der Waals surface area contributed by atoms with E-state index in [1.54, 1.807) is 0 Å². The van der Waals surface area contributed by atoms with Gasteiger partial charge in [0, 0.05) is 23.6 Å². The summed E-state index contributed by atoms with van der Waals surface area (Å²) in [5, 5.41) is 12.3. The molecule has 0 aliphatic heterocycles. The molecule has 0 amide bonds. The van der Waals surface area contributed by atoms with Crippen LogP contribution in [0.25, 0.3) is 11.1 Å². The van der Waals surface area contributed by atoms with E-state index in [1.165, 1.54) is 11.1 Å². The van der Waals surface area contributed by atoms with Crippen molar-refractivity contribution in [3.05, 3.63) is 72.8 Å². The number of aliphatic carboxylic acids is 1. The van der Waals surface area contributed by atoms with E-state index in [2.05, 4.69) is 94.1 Å². The second kappa shape index (κ2) is 22.5. The molecule has 0 aromatic heterocycles. The highest BCUT2D eigenvalue weighted by atomic mass is 32.2. The number of hydrogen-bond acceptors (Lipinski definition) is 5. The first-order valence-corrected chi connectivity index (χ1v) is 17.1. The molecule has 46 heavy (non-hydrogen) atoms. The second-order valence-electron chi connectivity index (χ2n) is 13.2. The van der Waals surface area contributed by atoms with Crippen molar-refractivity contribution < 1.29 is 23.2 Å². The van der Waals surface area contributed by atoms with Crippen LogP contribution in [-0.4, -0.2) is 42.6 Å². The first kappa shape index (κ1) is 47.4. The van der Waals surface area contributed by atoms with Gasteiger partial charge < -0.3 is 9.94 Å². The third kappa shape index (κ3) is 18.2. The van der Waals surface area contributed by atoms with Crippen LogP contribution in [0.1, 0.15) is 121 Å². The Hall–Kier alpha value is -2.97. The van der Waals surface area contributed by atoms with E-state index < -0.39 is 16.0 Å². The number of oxime groups is 1. The van der Waals surface area contributed by atoms with Gasteiger partial charge in [-0.1, -0.05) is 117 Å². The van der Waals surface area contributed by atoms with E-state index in [1.807, 2.05) is 53.7 Å². The number of fused-ring (bicyclic) bond motifs is 3. The van der Waals surface area contributed by atoms with E-state index in [4.69, 9.17) is 9.94 Å². The first-order chi connectivity index (χ1) is 20.4. The van der Waals surface area contributed by atoms with Crippen molar-refractivity contribution in [2.75, 3.05) is 0 Å². The Kier molecular flexibility index (Phi) is 23.2. The van der Waals surface area contributed by atoms with Gasteiger partial charge in [0.2, 0.25) is 10.0 Å². The van der Waals surface area contributed by atoms with E-state index in [9.17, 15) is 13.2 Å². The summed E-state index contributed by atoms with van der Waals surface area (Å²) in [6, 6.07) is 16.7. The van der Waals surface area contributed by atoms with Gasteiger partial charge in [-0.15, -0.1) is 13.2 Å². The average Bonchev–Trinajstić information content (AvgIpc) is 3.72. The van der Waals surface area contributed by atoms with Crippen LogP contribution in [0.2, 0.25) is 0 Å². The largest absolute Gasteiger partial charge is 0.481 e. The summed E-state index contributed by atoms with van der Waals surface area (Å²) in [7, 11) is -2.94. The quantitative estimate of drug-likeness (QED) is 0.193. The molecule has 0 radical (unpaired) electrons. The SMILES string of the molecule is C.C.C=C.CC(C)C(C)(C)C.CC(C)CC(=O)O.CC(C)NS(=O)(=O)C1CC1.CC(C)ON=C1c2ccccc2-c2ccccc21. The molecule has 0 bridgehead atoms. The summed E-state index contributed by atoms with van der Waals surface area (Å²) in [6.45, 7) is 28.7. The van der Waals surface area contributed by atoms with Gasteiger partial charge in [-0.05, 0) is 68.9 Å². The Labute approximate surface area is 283 Å². The molecule has 7 nitrogen and oxygen atoms in total. The van der Waals surface area contributed by atoms with Crippen LogP contribution < -0.4 is 4.72 Å². The Morgan fingerprint density at radius 3 is 1.48 bits per heavy atom. The molecular weight excluding hydrogens is 596 g/mol. The van der Waals surface area contributed by atoms with Gasteiger partial charge in [-0.3, -0.25) is 4.79 Å². The monoisotopic (exact) mass is 662 g/mol. The van der Waals surface area contributed by atoms with Crippen molar-refractivity contribution in [3.8, 4) is 11.1 Å². The van der Waals surface area contributed by atoms with Crippen LogP contribution in [0.3, 0.4) is 0 Å². The van der Waals surface area contributed by atoms with Crippen molar-refractivity contribution >= 4 is 21.7 Å². The van der Waals surface area contributed by atoms with Gasteiger partial charge in [0.05, 0.1) is 5.25 Å². The molecular formula is C38H66N2O5S. The number of benzene rings is 2. The van der Waals surface area contributed by atoms with Crippen LogP contribution in [0, 0.1) is 17.3 Å². The summed E-state index contributed by atoms with van der Waals surface area (Å²) in [4.78, 5) is 15.2. The van der Waals surface area contributed by atoms with Gasteiger partial charge in [0.1, 0.15) is 11.8 Å². The molecule has 0 atom stereocenters. The Bertz CT molecular complexity index is 1220. The van der Waals surface area contributed by atoms with E-state index >= 15 is 0 Å². The maximum absolute atomic E-state index is 11.1. The van der Waals surface area contributed by atoms with Crippen LogP contribution in [0.15, 0.2) is 66.8 Å². The molecule has 2 aromatic rings. The number of sulfonamides is 1. The fraction of sp³-hybridized carbons (Fsp3) is 0.579. The summed E-state index contributed by atoms with van der Waals surface area (Å²) < 4.78 is 24.7. The minimum atomic E-state index is -2.94. The van der Waals surface area contributed by atoms with Gasteiger partial charge in [-0.2, -0.15) is 0 Å². The third-order valence-electron chi connectivity index (χ3n) is 6.69. The van der Waals surface area contributed by atoms with Gasteiger partial charge in [0.25, 0.3) is 0 Å². The lowest BCUT2D eigenvalue weighted by Gasteiger charge is -2.22. The molecule has 0 heterocycles. The number of carboxylic acids is 1. The maximum Gasteiger partial charge on any atom is 0.303 e. The van der Waals surface area contributed by atoms with Crippen LogP contribution in [0.4, 0.5) is 0 Å². The fourth-order valence-corrected chi connectivity index (χ4v) is 5.01. The van der Waals surface area contributed by atoms with Crippen LogP contribution in [0.5, 0.6) is 0 Å². The van der Waals surface area contributed by atoms with Crippen molar-refractivity contribution in [1.29, 1.82) is 0 Å². The normalized spacial score (nSPS) is 12.6. The maximum atomic E-state index is 11.1.